The summed E-state index contributed by atoms with van der Waals surface area (Å²) in [6, 6.07) is 0.0879. The van der Waals surface area contributed by atoms with E-state index in [9.17, 15) is 4.79 Å². The third-order valence-corrected chi connectivity index (χ3v) is 5.29. The van der Waals surface area contributed by atoms with Gasteiger partial charge < -0.3 is 10.2 Å². The average Bonchev–Trinajstić information content (AvgIpc) is 2.86. The zero-order valence-electron chi connectivity index (χ0n) is 11.0. The molecule has 0 radical (unpaired) electrons. The highest BCUT2D eigenvalue weighted by atomic mass is 32.2. The predicted molar refractivity (Wildman–Crippen MR) is 73.4 cm³/mol. The van der Waals surface area contributed by atoms with Gasteiger partial charge in [0.05, 0.1) is 6.04 Å². The number of hydrogen-bond acceptors (Lipinski definition) is 3. The minimum atomic E-state index is 0.0879. The first-order valence-corrected chi connectivity index (χ1v) is 7.79. The van der Waals surface area contributed by atoms with Crippen molar-refractivity contribution >= 4 is 17.7 Å². The van der Waals surface area contributed by atoms with Gasteiger partial charge in [0.2, 0.25) is 5.91 Å². The molecular formula is C13H24N2OS. The zero-order valence-corrected chi connectivity index (χ0v) is 11.8. The third kappa shape index (κ3) is 3.16. The van der Waals surface area contributed by atoms with E-state index in [2.05, 4.69) is 24.1 Å². The lowest BCUT2D eigenvalue weighted by Gasteiger charge is -2.29. The molecule has 2 saturated heterocycles. The summed E-state index contributed by atoms with van der Waals surface area (Å²) in [5.41, 5.74) is 0. The maximum absolute atomic E-state index is 12.2. The fraction of sp³-hybridized carbons (Fsp3) is 0.923. The Bertz CT molecular complexity index is 277. The highest BCUT2D eigenvalue weighted by Crippen LogP contribution is 2.38. The molecule has 0 bridgehead atoms. The summed E-state index contributed by atoms with van der Waals surface area (Å²) < 4.78 is 0.315. The van der Waals surface area contributed by atoms with E-state index in [0.717, 1.165) is 32.5 Å². The number of likely N-dealkylation sites (tertiary alicyclic amines) is 1. The highest BCUT2D eigenvalue weighted by Gasteiger charge is 2.37. The monoisotopic (exact) mass is 256 g/mol. The van der Waals surface area contributed by atoms with Crippen LogP contribution in [0.4, 0.5) is 0 Å². The molecule has 2 atom stereocenters. The number of rotatable bonds is 5. The number of carbonyl (C=O) groups is 1. The van der Waals surface area contributed by atoms with Crippen molar-refractivity contribution in [3.8, 4) is 0 Å². The first-order chi connectivity index (χ1) is 8.14. The van der Waals surface area contributed by atoms with E-state index in [4.69, 9.17) is 0 Å². The molecule has 2 fully saturated rings. The molecule has 17 heavy (non-hydrogen) atoms. The molecule has 1 N–H and O–H groups in total. The Balaban J connectivity index is 1.84. The van der Waals surface area contributed by atoms with Crippen molar-refractivity contribution in [2.45, 2.75) is 50.3 Å². The molecule has 0 aromatic carbocycles. The summed E-state index contributed by atoms with van der Waals surface area (Å²) in [5, 5.41) is 3.35. The first-order valence-electron chi connectivity index (χ1n) is 6.81. The quantitative estimate of drug-likeness (QED) is 0.815. The highest BCUT2D eigenvalue weighted by molar-refractivity contribution is 8.00. The smallest absolute Gasteiger partial charge is 0.239 e. The Kier molecular flexibility index (Phi) is 4.36. The van der Waals surface area contributed by atoms with Gasteiger partial charge in [0.25, 0.3) is 0 Å². The molecule has 1 amide bonds. The number of thioether (sulfide) groups is 1. The van der Waals surface area contributed by atoms with E-state index >= 15 is 0 Å². The second kappa shape index (κ2) is 5.61. The summed E-state index contributed by atoms with van der Waals surface area (Å²) in [5.74, 6) is 1.59. The van der Waals surface area contributed by atoms with Gasteiger partial charge in [-0.1, -0.05) is 6.92 Å². The second-order valence-electron chi connectivity index (χ2n) is 5.46. The second-order valence-corrected chi connectivity index (χ2v) is 7.14. The Hall–Kier alpha value is -0.220. The Labute approximate surface area is 109 Å². The molecule has 2 aliphatic rings. The standard InChI is InChI=1S/C13H24N2OS/c1-3-7-14-11-5-8-15(12(11)16)10-13(2)6-4-9-17-13/h11,14H,3-10H2,1-2H3. The van der Waals surface area contributed by atoms with Crippen LogP contribution < -0.4 is 5.32 Å². The summed E-state index contributed by atoms with van der Waals surface area (Å²) in [4.78, 5) is 14.3. The van der Waals surface area contributed by atoms with E-state index < -0.39 is 0 Å². The fourth-order valence-electron chi connectivity index (χ4n) is 2.77. The maximum atomic E-state index is 12.2. The van der Waals surface area contributed by atoms with Gasteiger partial charge in [-0.25, -0.2) is 0 Å². The summed E-state index contributed by atoms with van der Waals surface area (Å²) in [7, 11) is 0. The van der Waals surface area contributed by atoms with E-state index in [-0.39, 0.29) is 6.04 Å². The molecule has 2 heterocycles. The van der Waals surface area contributed by atoms with Crippen molar-refractivity contribution in [1.29, 1.82) is 0 Å². The molecule has 2 aliphatic heterocycles. The molecule has 2 rings (SSSR count). The number of nitrogens with zero attached hydrogens (tertiary/aromatic N) is 1. The van der Waals surface area contributed by atoms with Crippen LogP contribution in [-0.4, -0.2) is 47.0 Å². The number of carbonyl (C=O) groups excluding carboxylic acids is 1. The third-order valence-electron chi connectivity index (χ3n) is 3.76. The predicted octanol–water partition coefficient (Wildman–Crippen LogP) is 1.87. The van der Waals surface area contributed by atoms with Gasteiger partial charge >= 0.3 is 0 Å². The van der Waals surface area contributed by atoms with Crippen LogP contribution in [-0.2, 0) is 4.79 Å². The van der Waals surface area contributed by atoms with Crippen LogP contribution in [0, 0.1) is 0 Å². The number of hydrogen-bond donors (Lipinski definition) is 1. The van der Waals surface area contributed by atoms with Gasteiger partial charge in [0, 0.05) is 17.8 Å². The zero-order chi connectivity index (χ0) is 12.3. The molecule has 4 heteroatoms. The van der Waals surface area contributed by atoms with E-state index in [1.54, 1.807) is 0 Å². The van der Waals surface area contributed by atoms with Crippen molar-refractivity contribution in [3.63, 3.8) is 0 Å². The largest absolute Gasteiger partial charge is 0.340 e. The van der Waals surface area contributed by atoms with Gasteiger partial charge in [-0.2, -0.15) is 11.8 Å². The molecule has 0 aliphatic carbocycles. The van der Waals surface area contributed by atoms with Crippen LogP contribution in [0.25, 0.3) is 0 Å². The Morgan fingerprint density at radius 3 is 3.06 bits per heavy atom. The molecule has 3 nitrogen and oxygen atoms in total. The average molecular weight is 256 g/mol. The minimum absolute atomic E-state index is 0.0879. The molecule has 0 spiro atoms. The van der Waals surface area contributed by atoms with Crippen LogP contribution in [0.5, 0.6) is 0 Å². The minimum Gasteiger partial charge on any atom is -0.340 e. The lowest BCUT2D eigenvalue weighted by atomic mass is 10.1. The van der Waals surface area contributed by atoms with Crippen molar-refractivity contribution in [1.82, 2.24) is 10.2 Å². The lowest BCUT2D eigenvalue weighted by molar-refractivity contribution is -0.129. The van der Waals surface area contributed by atoms with Gasteiger partial charge in [-0.15, -0.1) is 0 Å². The van der Waals surface area contributed by atoms with Crippen LogP contribution in [0.3, 0.4) is 0 Å². The molecule has 0 aromatic heterocycles. The van der Waals surface area contributed by atoms with Gasteiger partial charge in [0.15, 0.2) is 0 Å². The van der Waals surface area contributed by atoms with Crippen molar-refractivity contribution in [2.75, 3.05) is 25.4 Å². The van der Waals surface area contributed by atoms with Gasteiger partial charge in [-0.05, 0) is 44.9 Å². The van der Waals surface area contributed by atoms with Crippen molar-refractivity contribution < 1.29 is 4.79 Å². The topological polar surface area (TPSA) is 32.3 Å². The van der Waals surface area contributed by atoms with Gasteiger partial charge in [0.1, 0.15) is 0 Å². The summed E-state index contributed by atoms with van der Waals surface area (Å²) >= 11 is 2.04. The Morgan fingerprint density at radius 2 is 2.41 bits per heavy atom. The normalized spacial score (nSPS) is 33.6. The SMILES string of the molecule is CCCNC1CCN(CC2(C)CCCS2)C1=O. The van der Waals surface area contributed by atoms with Crippen LogP contribution in [0.1, 0.15) is 39.5 Å². The van der Waals surface area contributed by atoms with E-state index in [1.165, 1.54) is 18.6 Å². The van der Waals surface area contributed by atoms with E-state index in [1.807, 2.05) is 11.8 Å². The number of amides is 1. The van der Waals surface area contributed by atoms with Gasteiger partial charge in [-0.3, -0.25) is 4.79 Å². The summed E-state index contributed by atoms with van der Waals surface area (Å²) in [6.45, 7) is 7.29. The lowest BCUT2D eigenvalue weighted by Crippen LogP contribution is -2.43. The molecule has 98 valence electrons. The maximum Gasteiger partial charge on any atom is 0.239 e. The summed E-state index contributed by atoms with van der Waals surface area (Å²) in [6.07, 6.45) is 4.64. The number of nitrogens with one attached hydrogen (secondary N) is 1. The van der Waals surface area contributed by atoms with Crippen LogP contribution in [0.2, 0.25) is 0 Å². The van der Waals surface area contributed by atoms with Crippen molar-refractivity contribution in [3.05, 3.63) is 0 Å². The first kappa shape index (κ1) is 13.2. The molecule has 0 saturated carbocycles. The fourth-order valence-corrected chi connectivity index (χ4v) is 4.09. The van der Waals surface area contributed by atoms with Crippen molar-refractivity contribution in [2.24, 2.45) is 0 Å². The molecule has 0 aromatic rings. The van der Waals surface area contributed by atoms with Crippen LogP contribution in [0.15, 0.2) is 0 Å². The molecule has 2 unspecified atom stereocenters. The van der Waals surface area contributed by atoms with E-state index in [0.29, 0.717) is 10.7 Å². The Morgan fingerprint density at radius 1 is 1.59 bits per heavy atom. The van der Waals surface area contributed by atoms with Crippen LogP contribution >= 0.6 is 11.8 Å². The molecular weight excluding hydrogens is 232 g/mol.